The molecule has 5 nitrogen and oxygen atoms in total. The van der Waals surface area contributed by atoms with E-state index < -0.39 is 10.0 Å². The fourth-order valence-corrected chi connectivity index (χ4v) is 3.96. The van der Waals surface area contributed by atoms with Crippen LogP contribution in [0.4, 0.5) is 11.5 Å². The predicted molar refractivity (Wildman–Crippen MR) is 92.1 cm³/mol. The second-order valence-electron chi connectivity index (χ2n) is 5.98. The Morgan fingerprint density at radius 3 is 2.57 bits per heavy atom. The van der Waals surface area contributed by atoms with Crippen LogP contribution in [0.15, 0.2) is 47.5 Å². The van der Waals surface area contributed by atoms with Crippen LogP contribution in [-0.4, -0.2) is 19.4 Å². The first-order chi connectivity index (χ1) is 11.0. The summed E-state index contributed by atoms with van der Waals surface area (Å²) in [5.74, 6) is 0.787. The highest BCUT2D eigenvalue weighted by molar-refractivity contribution is 7.92. The van der Waals surface area contributed by atoms with Crippen molar-refractivity contribution >= 4 is 21.5 Å². The largest absolute Gasteiger partial charge is 0.367 e. The van der Waals surface area contributed by atoms with Gasteiger partial charge >= 0.3 is 0 Å². The molecule has 0 unspecified atom stereocenters. The Morgan fingerprint density at radius 2 is 1.91 bits per heavy atom. The lowest BCUT2D eigenvalue weighted by atomic mass is 10.2. The van der Waals surface area contributed by atoms with E-state index in [-0.39, 0.29) is 4.90 Å². The number of hydrogen-bond acceptors (Lipinski definition) is 4. The maximum Gasteiger partial charge on any atom is 0.261 e. The van der Waals surface area contributed by atoms with Crippen LogP contribution in [0.25, 0.3) is 0 Å². The molecule has 6 heteroatoms. The van der Waals surface area contributed by atoms with E-state index in [1.165, 1.54) is 25.7 Å². The number of pyridine rings is 1. The Labute approximate surface area is 137 Å². The third-order valence-electron chi connectivity index (χ3n) is 4.02. The van der Waals surface area contributed by atoms with Crippen LogP contribution >= 0.6 is 0 Å². The quantitative estimate of drug-likeness (QED) is 0.879. The van der Waals surface area contributed by atoms with Crippen LogP contribution < -0.4 is 10.0 Å². The summed E-state index contributed by atoms with van der Waals surface area (Å²) in [6.45, 7) is 1.87. The van der Waals surface area contributed by atoms with E-state index in [4.69, 9.17) is 0 Å². The lowest BCUT2D eigenvalue weighted by Crippen LogP contribution is -2.16. The van der Waals surface area contributed by atoms with Crippen molar-refractivity contribution < 1.29 is 8.42 Å². The summed E-state index contributed by atoms with van der Waals surface area (Å²) in [6, 6.07) is 10.9. The van der Waals surface area contributed by atoms with Crippen molar-refractivity contribution in [3.8, 4) is 0 Å². The molecule has 1 aliphatic carbocycles. The van der Waals surface area contributed by atoms with E-state index in [0.29, 0.717) is 11.7 Å². The van der Waals surface area contributed by atoms with Crippen molar-refractivity contribution in [3.63, 3.8) is 0 Å². The Hall–Kier alpha value is -2.08. The van der Waals surface area contributed by atoms with E-state index >= 15 is 0 Å². The summed E-state index contributed by atoms with van der Waals surface area (Å²) in [5.41, 5.74) is 1.37. The molecule has 1 saturated carbocycles. The van der Waals surface area contributed by atoms with Gasteiger partial charge in [-0.25, -0.2) is 13.4 Å². The number of nitrogens with one attached hydrogen (secondary N) is 2. The summed E-state index contributed by atoms with van der Waals surface area (Å²) in [7, 11) is -3.58. The SMILES string of the molecule is Cc1cccc(S(=O)(=O)Nc2ccc(NC3CCCC3)nc2)c1. The highest BCUT2D eigenvalue weighted by Crippen LogP contribution is 2.22. The average Bonchev–Trinajstić information content (AvgIpc) is 3.02. The Bertz CT molecular complexity index is 767. The Morgan fingerprint density at radius 1 is 1.13 bits per heavy atom. The number of anilines is 2. The smallest absolute Gasteiger partial charge is 0.261 e. The van der Waals surface area contributed by atoms with Gasteiger partial charge in [0, 0.05) is 6.04 Å². The van der Waals surface area contributed by atoms with Gasteiger partial charge in [-0.15, -0.1) is 0 Å². The fourth-order valence-electron chi connectivity index (χ4n) is 2.82. The molecule has 23 heavy (non-hydrogen) atoms. The second-order valence-corrected chi connectivity index (χ2v) is 7.66. The topological polar surface area (TPSA) is 71.1 Å². The molecule has 1 aromatic carbocycles. The number of sulfonamides is 1. The van der Waals surface area contributed by atoms with Crippen molar-refractivity contribution in [1.82, 2.24) is 4.98 Å². The zero-order chi connectivity index (χ0) is 16.3. The van der Waals surface area contributed by atoms with E-state index in [1.54, 1.807) is 30.5 Å². The molecule has 2 N–H and O–H groups in total. The van der Waals surface area contributed by atoms with Crippen molar-refractivity contribution in [2.45, 2.75) is 43.5 Å². The third-order valence-corrected chi connectivity index (χ3v) is 5.40. The molecule has 1 aliphatic rings. The molecule has 0 spiro atoms. The monoisotopic (exact) mass is 331 g/mol. The summed E-state index contributed by atoms with van der Waals surface area (Å²) < 4.78 is 27.3. The summed E-state index contributed by atoms with van der Waals surface area (Å²) >= 11 is 0. The number of nitrogens with zero attached hydrogens (tertiary/aromatic N) is 1. The zero-order valence-corrected chi connectivity index (χ0v) is 13.9. The van der Waals surface area contributed by atoms with Gasteiger partial charge in [-0.3, -0.25) is 4.72 Å². The van der Waals surface area contributed by atoms with E-state index in [9.17, 15) is 8.42 Å². The van der Waals surface area contributed by atoms with Crippen LogP contribution in [0.5, 0.6) is 0 Å². The van der Waals surface area contributed by atoms with Crippen LogP contribution in [0.3, 0.4) is 0 Å². The molecule has 1 heterocycles. The first kappa shape index (κ1) is 15.8. The molecule has 122 valence electrons. The lowest BCUT2D eigenvalue weighted by molar-refractivity contribution is 0.601. The first-order valence-electron chi connectivity index (χ1n) is 7.85. The number of hydrogen-bond donors (Lipinski definition) is 2. The Kier molecular flexibility index (Phi) is 4.52. The van der Waals surface area contributed by atoms with Crippen LogP contribution in [-0.2, 0) is 10.0 Å². The van der Waals surface area contributed by atoms with Gasteiger partial charge in [0.05, 0.1) is 16.8 Å². The highest BCUT2D eigenvalue weighted by atomic mass is 32.2. The minimum atomic E-state index is -3.58. The van der Waals surface area contributed by atoms with Crippen molar-refractivity contribution in [2.24, 2.45) is 0 Å². The zero-order valence-electron chi connectivity index (χ0n) is 13.1. The summed E-state index contributed by atoms with van der Waals surface area (Å²) in [5, 5.41) is 3.38. The van der Waals surface area contributed by atoms with E-state index in [2.05, 4.69) is 15.0 Å². The molecular formula is C17H21N3O2S. The molecular weight excluding hydrogens is 310 g/mol. The molecule has 0 bridgehead atoms. The number of aryl methyl sites for hydroxylation is 1. The van der Waals surface area contributed by atoms with Gasteiger partial charge in [0.25, 0.3) is 10.0 Å². The number of aromatic nitrogens is 1. The fraction of sp³-hybridized carbons (Fsp3) is 0.353. The first-order valence-corrected chi connectivity index (χ1v) is 9.33. The molecule has 2 aromatic rings. The van der Waals surface area contributed by atoms with Crippen LogP contribution in [0.2, 0.25) is 0 Å². The van der Waals surface area contributed by atoms with Crippen molar-refractivity contribution in [2.75, 3.05) is 10.0 Å². The molecule has 0 amide bonds. The van der Waals surface area contributed by atoms with Gasteiger partial charge in [-0.2, -0.15) is 0 Å². The summed E-state index contributed by atoms with van der Waals surface area (Å²) in [4.78, 5) is 4.55. The standard InChI is InChI=1S/C17H21N3O2S/c1-13-5-4-8-16(11-13)23(21,22)20-15-9-10-17(18-12-15)19-14-6-2-3-7-14/h4-5,8-12,14,20H,2-3,6-7H2,1H3,(H,18,19). The van der Waals surface area contributed by atoms with Crippen molar-refractivity contribution in [3.05, 3.63) is 48.2 Å². The van der Waals surface area contributed by atoms with Gasteiger partial charge < -0.3 is 5.32 Å². The third kappa shape index (κ3) is 4.01. The minimum Gasteiger partial charge on any atom is -0.367 e. The molecule has 1 aromatic heterocycles. The molecule has 1 fully saturated rings. The molecule has 0 saturated heterocycles. The van der Waals surface area contributed by atoms with Gasteiger partial charge in [0.2, 0.25) is 0 Å². The minimum absolute atomic E-state index is 0.255. The molecule has 0 atom stereocenters. The second kappa shape index (κ2) is 6.58. The van der Waals surface area contributed by atoms with Crippen molar-refractivity contribution in [1.29, 1.82) is 0 Å². The van der Waals surface area contributed by atoms with Gasteiger partial charge in [0.15, 0.2) is 0 Å². The van der Waals surface area contributed by atoms with Crippen LogP contribution in [0.1, 0.15) is 31.2 Å². The van der Waals surface area contributed by atoms with E-state index in [1.807, 2.05) is 19.1 Å². The average molecular weight is 331 g/mol. The van der Waals surface area contributed by atoms with E-state index in [0.717, 1.165) is 11.4 Å². The molecule has 0 aliphatic heterocycles. The predicted octanol–water partition coefficient (Wildman–Crippen LogP) is 3.55. The highest BCUT2D eigenvalue weighted by Gasteiger charge is 2.16. The lowest BCUT2D eigenvalue weighted by Gasteiger charge is -2.13. The maximum atomic E-state index is 12.4. The van der Waals surface area contributed by atoms with Crippen LogP contribution in [0, 0.1) is 6.92 Å². The Balaban J connectivity index is 1.70. The number of benzene rings is 1. The molecule has 0 radical (unpaired) electrons. The van der Waals surface area contributed by atoms with Gasteiger partial charge in [0.1, 0.15) is 5.82 Å². The van der Waals surface area contributed by atoms with Gasteiger partial charge in [-0.05, 0) is 49.6 Å². The maximum absolute atomic E-state index is 12.4. The summed E-state index contributed by atoms with van der Waals surface area (Å²) in [6.07, 6.45) is 6.40. The number of rotatable bonds is 5. The van der Waals surface area contributed by atoms with Gasteiger partial charge in [-0.1, -0.05) is 25.0 Å². The molecule has 3 rings (SSSR count). The normalized spacial score (nSPS) is 15.5.